The number of nitrogens with zero attached hydrogens (tertiary/aromatic N) is 2. The maximum atomic E-state index is 13.2. The molecule has 4 rings (SSSR count). The fraction of sp³-hybridized carbons (Fsp3) is 0.435. The molecule has 2 amide bonds. The number of phenols is 1. The zero-order chi connectivity index (χ0) is 23.8. The Kier molecular flexibility index (Phi) is 6.76. The van der Waals surface area contributed by atoms with Crippen LogP contribution in [-0.4, -0.2) is 62.5 Å². The zero-order valence-corrected chi connectivity index (χ0v) is 21.2. The van der Waals surface area contributed by atoms with Crippen LogP contribution in [0.2, 0.25) is 0 Å². The summed E-state index contributed by atoms with van der Waals surface area (Å²) >= 11 is 5.09. The van der Waals surface area contributed by atoms with Gasteiger partial charge in [0.25, 0.3) is 5.91 Å². The van der Waals surface area contributed by atoms with Crippen molar-refractivity contribution in [2.45, 2.75) is 45.3 Å². The van der Waals surface area contributed by atoms with Crippen LogP contribution in [0.1, 0.15) is 49.8 Å². The number of aromatic nitrogens is 2. The number of amides is 2. The first-order valence-electron chi connectivity index (χ1n) is 10.8. The first-order chi connectivity index (χ1) is 15.6. The normalized spacial score (nSPS) is 19.2. The summed E-state index contributed by atoms with van der Waals surface area (Å²) in [4.78, 5) is 35.9. The number of nitrogens with one attached hydrogen (secondary N) is 2. The number of H-pyrrole nitrogens is 1. The molecule has 0 unspecified atom stereocenters. The maximum absolute atomic E-state index is 13.2. The molecule has 3 N–H and O–H groups in total. The van der Waals surface area contributed by atoms with Crippen molar-refractivity contribution in [2.24, 2.45) is 0 Å². The SMILES string of the molecule is CC(C)(C)OC(=O)N1CCC[C@H](NC(=O)c2ccc(O)c3[nH]c(C4=CC=C(Br)CS4)nc23)C1. The third-order valence-electron chi connectivity index (χ3n) is 5.29. The number of ether oxygens (including phenoxy) is 1. The number of aromatic amines is 1. The van der Waals surface area contributed by atoms with Gasteiger partial charge in [-0.3, -0.25) is 4.79 Å². The quantitative estimate of drug-likeness (QED) is 0.523. The highest BCUT2D eigenvalue weighted by molar-refractivity contribution is 9.11. The van der Waals surface area contributed by atoms with Gasteiger partial charge in [-0.25, -0.2) is 9.78 Å². The van der Waals surface area contributed by atoms with Crippen molar-refractivity contribution in [3.8, 4) is 5.75 Å². The Bertz CT molecular complexity index is 1150. The summed E-state index contributed by atoms with van der Waals surface area (Å²) in [5.74, 6) is 1.14. The van der Waals surface area contributed by atoms with E-state index in [-0.39, 0.29) is 23.8 Å². The smallest absolute Gasteiger partial charge is 0.410 e. The van der Waals surface area contributed by atoms with E-state index in [1.54, 1.807) is 22.7 Å². The molecule has 2 aromatic rings. The van der Waals surface area contributed by atoms with Crippen LogP contribution in [0.4, 0.5) is 4.79 Å². The number of carbonyl (C=O) groups excluding carboxylic acids is 2. The van der Waals surface area contributed by atoms with Gasteiger partial charge in [0.1, 0.15) is 28.2 Å². The molecule has 1 fully saturated rings. The summed E-state index contributed by atoms with van der Waals surface area (Å²) in [7, 11) is 0. The number of likely N-dealkylation sites (tertiary alicyclic amines) is 1. The third-order valence-corrected chi connectivity index (χ3v) is 7.30. The molecule has 0 aliphatic carbocycles. The van der Waals surface area contributed by atoms with Crippen LogP contribution >= 0.6 is 27.7 Å². The van der Waals surface area contributed by atoms with Gasteiger partial charge in [0, 0.05) is 29.4 Å². The second-order valence-corrected chi connectivity index (χ2v) is 11.1. The molecule has 0 radical (unpaired) electrons. The average Bonchev–Trinajstić information content (AvgIpc) is 3.19. The second kappa shape index (κ2) is 9.42. The number of thioether (sulfide) groups is 1. The number of piperidine rings is 1. The van der Waals surface area contributed by atoms with Crippen molar-refractivity contribution in [3.05, 3.63) is 40.2 Å². The Morgan fingerprint density at radius 2 is 2.12 bits per heavy atom. The number of benzene rings is 1. The van der Waals surface area contributed by atoms with Crippen LogP contribution in [0.25, 0.3) is 15.9 Å². The number of imidazole rings is 1. The minimum absolute atomic E-state index is 0.0344. The van der Waals surface area contributed by atoms with E-state index >= 15 is 0 Å². The standard InChI is InChI=1S/C23H27BrN4O4S/c1-23(2,3)32-22(31)28-10-4-5-14(11-28)25-21(30)15-7-8-16(29)19-18(15)26-20(27-19)17-9-6-13(24)12-33-17/h6-9,14,29H,4-5,10-12H2,1-3H3,(H,25,30)(H,26,27)/t14-/m0/s1. The van der Waals surface area contributed by atoms with Gasteiger partial charge < -0.3 is 25.0 Å². The fourth-order valence-electron chi connectivity index (χ4n) is 3.78. The summed E-state index contributed by atoms with van der Waals surface area (Å²) in [5, 5.41) is 13.4. The lowest BCUT2D eigenvalue weighted by atomic mass is 10.0. The molecule has 2 aliphatic rings. The molecule has 1 saturated heterocycles. The lowest BCUT2D eigenvalue weighted by molar-refractivity contribution is 0.0185. The van der Waals surface area contributed by atoms with Crippen molar-refractivity contribution in [2.75, 3.05) is 18.8 Å². The predicted molar refractivity (Wildman–Crippen MR) is 133 cm³/mol. The molecule has 3 heterocycles. The van der Waals surface area contributed by atoms with Crippen molar-refractivity contribution in [1.29, 1.82) is 0 Å². The van der Waals surface area contributed by atoms with E-state index in [0.29, 0.717) is 35.5 Å². The van der Waals surface area contributed by atoms with Gasteiger partial charge in [-0.05, 0) is 57.9 Å². The van der Waals surface area contributed by atoms with Gasteiger partial charge >= 0.3 is 6.09 Å². The Hall–Kier alpha value is -2.46. The lowest BCUT2D eigenvalue weighted by Crippen LogP contribution is -2.50. The largest absolute Gasteiger partial charge is 0.506 e. The van der Waals surface area contributed by atoms with Gasteiger partial charge in [-0.15, -0.1) is 11.8 Å². The van der Waals surface area contributed by atoms with Crippen molar-refractivity contribution < 1.29 is 19.4 Å². The molecule has 0 spiro atoms. The Morgan fingerprint density at radius 3 is 2.82 bits per heavy atom. The number of phenolic OH excluding ortho intramolecular Hbond substituents is 1. The van der Waals surface area contributed by atoms with Gasteiger partial charge in [0.2, 0.25) is 0 Å². The third kappa shape index (κ3) is 5.55. The minimum atomic E-state index is -0.569. The highest BCUT2D eigenvalue weighted by atomic mass is 79.9. The predicted octanol–water partition coefficient (Wildman–Crippen LogP) is 4.76. The maximum Gasteiger partial charge on any atom is 0.410 e. The lowest BCUT2D eigenvalue weighted by Gasteiger charge is -2.34. The molecule has 33 heavy (non-hydrogen) atoms. The van der Waals surface area contributed by atoms with Crippen LogP contribution < -0.4 is 5.32 Å². The van der Waals surface area contributed by atoms with Crippen molar-refractivity contribution in [1.82, 2.24) is 20.2 Å². The summed E-state index contributed by atoms with van der Waals surface area (Å²) < 4.78 is 6.56. The van der Waals surface area contributed by atoms with E-state index in [0.717, 1.165) is 28.0 Å². The molecule has 0 bridgehead atoms. The molecule has 1 atom stereocenters. The molecule has 0 saturated carbocycles. The first kappa shape index (κ1) is 23.7. The Labute approximate surface area is 205 Å². The zero-order valence-electron chi connectivity index (χ0n) is 18.8. The van der Waals surface area contributed by atoms with Gasteiger partial charge in [-0.2, -0.15) is 0 Å². The molecule has 1 aromatic carbocycles. The van der Waals surface area contributed by atoms with Gasteiger partial charge in [0.15, 0.2) is 0 Å². The highest BCUT2D eigenvalue weighted by Crippen LogP contribution is 2.35. The Balaban J connectivity index is 1.52. The van der Waals surface area contributed by atoms with Gasteiger partial charge in [-0.1, -0.05) is 15.9 Å². The first-order valence-corrected chi connectivity index (χ1v) is 12.6. The van der Waals surface area contributed by atoms with Crippen LogP contribution in [0.3, 0.4) is 0 Å². The fourth-order valence-corrected chi connectivity index (χ4v) is 5.05. The minimum Gasteiger partial charge on any atom is -0.506 e. The van der Waals surface area contributed by atoms with E-state index in [1.807, 2.05) is 32.9 Å². The highest BCUT2D eigenvalue weighted by Gasteiger charge is 2.29. The van der Waals surface area contributed by atoms with E-state index < -0.39 is 5.60 Å². The molecule has 10 heteroatoms. The summed E-state index contributed by atoms with van der Waals surface area (Å²) in [6, 6.07) is 2.87. The van der Waals surface area contributed by atoms with Crippen LogP contribution in [0, 0.1) is 0 Å². The summed E-state index contributed by atoms with van der Waals surface area (Å²) in [5.41, 5.74) is 0.641. The molecule has 8 nitrogen and oxygen atoms in total. The number of halogens is 1. The molecule has 176 valence electrons. The van der Waals surface area contributed by atoms with Crippen LogP contribution in [-0.2, 0) is 4.74 Å². The Morgan fingerprint density at radius 1 is 1.33 bits per heavy atom. The van der Waals surface area contributed by atoms with Gasteiger partial charge in [0.05, 0.1) is 10.5 Å². The summed E-state index contributed by atoms with van der Waals surface area (Å²) in [6.45, 7) is 6.49. The average molecular weight is 535 g/mol. The second-order valence-electron chi connectivity index (χ2n) is 9.11. The van der Waals surface area contributed by atoms with E-state index in [2.05, 4.69) is 31.2 Å². The van der Waals surface area contributed by atoms with Crippen LogP contribution in [0.15, 0.2) is 28.8 Å². The molecular formula is C23H27BrN4O4S. The van der Waals surface area contributed by atoms with E-state index in [1.165, 1.54) is 6.07 Å². The number of hydrogen-bond acceptors (Lipinski definition) is 6. The van der Waals surface area contributed by atoms with Crippen molar-refractivity contribution >= 4 is 55.6 Å². The molecule has 1 aromatic heterocycles. The number of carbonyl (C=O) groups is 2. The topological polar surface area (TPSA) is 108 Å². The number of aromatic hydroxyl groups is 1. The molecule has 2 aliphatic heterocycles. The monoisotopic (exact) mass is 534 g/mol. The molecular weight excluding hydrogens is 508 g/mol. The number of rotatable bonds is 3. The number of fused-ring (bicyclic) bond motifs is 1. The number of hydrogen-bond donors (Lipinski definition) is 3. The van der Waals surface area contributed by atoms with Crippen molar-refractivity contribution in [3.63, 3.8) is 0 Å². The van der Waals surface area contributed by atoms with E-state index in [4.69, 9.17) is 4.74 Å². The van der Waals surface area contributed by atoms with Crippen LogP contribution in [0.5, 0.6) is 5.75 Å². The number of allylic oxidation sites excluding steroid dienone is 2. The summed E-state index contributed by atoms with van der Waals surface area (Å²) in [6.07, 6.45) is 5.08. The van der Waals surface area contributed by atoms with E-state index in [9.17, 15) is 14.7 Å².